The molecule has 1 aliphatic rings. The Morgan fingerprint density at radius 2 is 1.48 bits per heavy atom. The van der Waals surface area contributed by atoms with Crippen molar-refractivity contribution < 1.29 is 48.6 Å². The summed E-state index contributed by atoms with van der Waals surface area (Å²) in [6.45, 7) is 0. The number of rotatable bonds is 0. The average molecular weight is 368 g/mol. The lowest BCUT2D eigenvalue weighted by Gasteiger charge is -2.09. The van der Waals surface area contributed by atoms with Gasteiger partial charge in [0.25, 0.3) is 0 Å². The zero-order chi connectivity index (χ0) is 17.2. The molecular weight excluding hydrogens is 364 g/mol. The predicted molar refractivity (Wildman–Crippen MR) is 67.7 cm³/mol. The molecule has 3 rings (SSSR count). The summed E-state index contributed by atoms with van der Waals surface area (Å²) in [4.78, 5) is 11.3. The molecule has 12 nitrogen and oxygen atoms in total. The van der Waals surface area contributed by atoms with E-state index in [1.165, 1.54) is 0 Å². The monoisotopic (exact) mass is 368 g/mol. The summed E-state index contributed by atoms with van der Waals surface area (Å²) in [6, 6.07) is 0.632. The van der Waals surface area contributed by atoms with Crippen LogP contribution in [0.1, 0.15) is 0 Å². The Hall–Kier alpha value is -2.71. The molecule has 14 heteroatoms. The smallest absolute Gasteiger partial charge is 0.466 e. The van der Waals surface area contributed by atoms with Crippen molar-refractivity contribution in [3.8, 4) is 28.7 Å². The second-order valence-electron chi connectivity index (χ2n) is 4.06. The van der Waals surface area contributed by atoms with Crippen molar-refractivity contribution in [1.82, 2.24) is 0 Å². The maximum absolute atomic E-state index is 11.3. The van der Waals surface area contributed by atoms with Gasteiger partial charge in [-0.1, -0.05) is 3.63 Å². The molecule has 2 heterocycles. The molecule has 23 heavy (non-hydrogen) atoms. The van der Waals surface area contributed by atoms with E-state index in [9.17, 15) is 36.9 Å². The number of phenols is 1. The molecule has 0 spiro atoms. The number of hydrogen-bond donors (Lipinski definition) is 3. The SMILES string of the molecule is O=c1oc2cc3c(c(O)c2c(O)c1O)OS(=O)(=O)OS(=O)(=O)O3. The molecule has 0 bridgehead atoms. The van der Waals surface area contributed by atoms with Crippen LogP contribution in [0.2, 0.25) is 0 Å². The van der Waals surface area contributed by atoms with Crippen molar-refractivity contribution in [3.63, 3.8) is 0 Å². The van der Waals surface area contributed by atoms with E-state index in [0.29, 0.717) is 6.07 Å². The van der Waals surface area contributed by atoms with Crippen molar-refractivity contribution in [2.45, 2.75) is 0 Å². The Morgan fingerprint density at radius 1 is 0.870 bits per heavy atom. The molecule has 0 unspecified atom stereocenters. The van der Waals surface area contributed by atoms with E-state index in [1.54, 1.807) is 0 Å². The van der Waals surface area contributed by atoms with E-state index in [1.807, 2.05) is 0 Å². The first-order chi connectivity index (χ1) is 10.5. The van der Waals surface area contributed by atoms with Crippen LogP contribution in [-0.2, 0) is 24.4 Å². The Labute approximate surface area is 126 Å². The summed E-state index contributed by atoms with van der Waals surface area (Å²) >= 11 is 0. The molecule has 2 aromatic rings. The summed E-state index contributed by atoms with van der Waals surface area (Å²) in [7, 11) is -10.3. The number of benzene rings is 1. The largest absolute Gasteiger partial charge is 0.504 e. The van der Waals surface area contributed by atoms with Crippen LogP contribution in [0.15, 0.2) is 15.3 Å². The van der Waals surface area contributed by atoms with Crippen LogP contribution in [-0.4, -0.2) is 32.2 Å². The molecule has 0 radical (unpaired) electrons. The molecule has 1 aromatic heterocycles. The molecule has 3 N–H and O–H groups in total. The third-order valence-electron chi connectivity index (χ3n) is 2.59. The topological polar surface area (TPSA) is 187 Å². The first kappa shape index (κ1) is 15.2. The average Bonchev–Trinajstić information content (AvgIpc) is 2.47. The Kier molecular flexibility index (Phi) is 2.91. The second-order valence-corrected chi connectivity index (χ2v) is 6.57. The normalized spacial score (nSPS) is 18.4. The summed E-state index contributed by atoms with van der Waals surface area (Å²) in [5.41, 5.74) is -2.03. The van der Waals surface area contributed by atoms with E-state index >= 15 is 0 Å². The number of fused-ring (bicyclic) bond motifs is 2. The highest BCUT2D eigenvalue weighted by molar-refractivity contribution is 7.95. The molecule has 0 saturated heterocycles. The fraction of sp³-hybridized carbons (Fsp3) is 0. The maximum Gasteiger partial charge on any atom is 0.466 e. The first-order valence-electron chi connectivity index (χ1n) is 5.35. The van der Waals surface area contributed by atoms with Gasteiger partial charge in [0.2, 0.25) is 11.5 Å². The Bertz CT molecular complexity index is 1110. The summed E-state index contributed by atoms with van der Waals surface area (Å²) < 4.78 is 62.0. The predicted octanol–water partition coefficient (Wildman–Crippen LogP) is -0.813. The van der Waals surface area contributed by atoms with E-state index in [2.05, 4.69) is 16.4 Å². The van der Waals surface area contributed by atoms with Crippen LogP contribution in [0.4, 0.5) is 0 Å². The lowest BCUT2D eigenvalue weighted by molar-refractivity contribution is 0.366. The van der Waals surface area contributed by atoms with Crippen molar-refractivity contribution in [1.29, 1.82) is 0 Å². The highest BCUT2D eigenvalue weighted by Crippen LogP contribution is 2.49. The van der Waals surface area contributed by atoms with Gasteiger partial charge in [0.15, 0.2) is 17.2 Å². The van der Waals surface area contributed by atoms with Crippen molar-refractivity contribution >= 4 is 31.8 Å². The molecule has 0 fully saturated rings. The van der Waals surface area contributed by atoms with Gasteiger partial charge in [-0.15, -0.1) is 0 Å². The van der Waals surface area contributed by atoms with Gasteiger partial charge < -0.3 is 28.1 Å². The van der Waals surface area contributed by atoms with Crippen molar-refractivity contribution in [2.24, 2.45) is 0 Å². The lowest BCUT2D eigenvalue weighted by Crippen LogP contribution is -2.18. The van der Waals surface area contributed by atoms with Crippen LogP contribution in [0, 0.1) is 0 Å². The van der Waals surface area contributed by atoms with Gasteiger partial charge >= 0.3 is 26.4 Å². The quantitative estimate of drug-likeness (QED) is 0.491. The fourth-order valence-electron chi connectivity index (χ4n) is 1.76. The van der Waals surface area contributed by atoms with E-state index < -0.39 is 66.1 Å². The van der Waals surface area contributed by atoms with Crippen LogP contribution in [0.5, 0.6) is 28.7 Å². The van der Waals surface area contributed by atoms with Gasteiger partial charge in [-0.25, -0.2) is 4.79 Å². The first-order valence-corrected chi connectivity index (χ1v) is 8.02. The summed E-state index contributed by atoms with van der Waals surface area (Å²) in [5.74, 6) is -5.57. The van der Waals surface area contributed by atoms with Gasteiger partial charge in [0, 0.05) is 6.07 Å². The van der Waals surface area contributed by atoms with Gasteiger partial charge in [-0.3, -0.25) is 0 Å². The number of aromatic hydroxyl groups is 3. The fourth-order valence-corrected chi connectivity index (χ4v) is 3.51. The van der Waals surface area contributed by atoms with E-state index in [0.717, 1.165) is 0 Å². The zero-order valence-corrected chi connectivity index (χ0v) is 12.0. The standard InChI is InChI=1S/C9H4O12S2/c10-5-4-2(18-9(13)7(5)12)1-3-8(6(4)11)20-23(16,17)21-22(14,15)19-3/h1,10-12H. The molecule has 0 atom stereocenters. The van der Waals surface area contributed by atoms with Gasteiger partial charge in [0.1, 0.15) is 11.0 Å². The minimum atomic E-state index is -5.17. The van der Waals surface area contributed by atoms with Crippen molar-refractivity contribution in [2.75, 3.05) is 0 Å². The number of phenolic OH excluding ortho intramolecular Hbond substituents is 1. The third kappa shape index (κ3) is 2.37. The van der Waals surface area contributed by atoms with Crippen LogP contribution < -0.4 is 14.0 Å². The molecule has 124 valence electrons. The minimum absolute atomic E-state index is 0.625. The third-order valence-corrected chi connectivity index (χ3v) is 4.67. The lowest BCUT2D eigenvalue weighted by atomic mass is 10.1. The van der Waals surface area contributed by atoms with E-state index in [4.69, 9.17) is 0 Å². The highest BCUT2D eigenvalue weighted by atomic mass is 32.3. The Morgan fingerprint density at radius 3 is 2.13 bits per heavy atom. The molecule has 0 saturated carbocycles. The van der Waals surface area contributed by atoms with Gasteiger partial charge in [0.05, 0.1) is 0 Å². The van der Waals surface area contributed by atoms with Crippen molar-refractivity contribution in [3.05, 3.63) is 16.5 Å². The molecular formula is C9H4O12S2. The molecule has 0 amide bonds. The highest BCUT2D eigenvalue weighted by Gasteiger charge is 2.37. The van der Waals surface area contributed by atoms with Crippen LogP contribution >= 0.6 is 0 Å². The second kappa shape index (κ2) is 4.40. The van der Waals surface area contributed by atoms with Crippen LogP contribution in [0.3, 0.4) is 0 Å². The number of hydrogen-bond acceptors (Lipinski definition) is 12. The molecule has 1 aromatic carbocycles. The molecule has 1 aliphatic heterocycles. The summed E-state index contributed by atoms with van der Waals surface area (Å²) in [5, 5.41) is 28.2. The maximum atomic E-state index is 11.3. The van der Waals surface area contributed by atoms with E-state index in [-0.39, 0.29) is 0 Å². The minimum Gasteiger partial charge on any atom is -0.504 e. The van der Waals surface area contributed by atoms with Crippen LogP contribution in [0.25, 0.3) is 11.0 Å². The van der Waals surface area contributed by atoms with Gasteiger partial charge in [-0.2, -0.15) is 16.8 Å². The van der Waals surface area contributed by atoms with Gasteiger partial charge in [-0.05, 0) is 0 Å². The molecule has 0 aliphatic carbocycles. The zero-order valence-electron chi connectivity index (χ0n) is 10.4. The Balaban J connectivity index is 2.47. The summed E-state index contributed by atoms with van der Waals surface area (Å²) in [6.07, 6.45) is 0.